The van der Waals surface area contributed by atoms with E-state index in [-0.39, 0.29) is 11.6 Å². The van der Waals surface area contributed by atoms with Gasteiger partial charge in [0.15, 0.2) is 5.54 Å². The van der Waals surface area contributed by atoms with Crippen LogP contribution in [-0.4, -0.2) is 11.6 Å². The summed E-state index contributed by atoms with van der Waals surface area (Å²) in [7, 11) is 0. The lowest BCUT2D eigenvalue weighted by Gasteiger charge is -2.30. The maximum atomic E-state index is 14.3. The molecule has 0 aromatic heterocycles. The second-order valence-electron chi connectivity index (χ2n) is 7.75. The Bertz CT molecular complexity index is 1230. The first-order valence-corrected chi connectivity index (χ1v) is 10.6. The summed E-state index contributed by atoms with van der Waals surface area (Å²) in [4.78, 5) is 28.6. The molecule has 0 spiro atoms. The molecule has 5 rings (SSSR count). The van der Waals surface area contributed by atoms with Crippen LogP contribution in [0, 0.1) is 0 Å². The van der Waals surface area contributed by atoms with E-state index >= 15 is 0 Å². The van der Waals surface area contributed by atoms with Crippen LogP contribution >= 0.6 is 0 Å². The van der Waals surface area contributed by atoms with Crippen molar-refractivity contribution in [1.82, 2.24) is 0 Å². The van der Waals surface area contributed by atoms with E-state index < -0.39 is 5.54 Å². The molecule has 0 atom stereocenters. The second kappa shape index (κ2) is 8.12. The molecule has 0 bridgehead atoms. The van der Waals surface area contributed by atoms with Gasteiger partial charge in [0.1, 0.15) is 0 Å². The predicted molar refractivity (Wildman–Crippen MR) is 128 cm³/mol. The van der Waals surface area contributed by atoms with E-state index in [1.165, 1.54) is 0 Å². The van der Waals surface area contributed by atoms with E-state index in [4.69, 9.17) is 0 Å². The number of benzene rings is 4. The van der Waals surface area contributed by atoms with E-state index in [2.05, 4.69) is 5.32 Å². The van der Waals surface area contributed by atoms with E-state index in [0.717, 1.165) is 11.1 Å². The number of Topliss-reactive ketones (excluding diaryl/α,β-unsaturated/α-hetero) is 2. The van der Waals surface area contributed by atoms with Crippen LogP contribution in [0.4, 0.5) is 5.69 Å². The number of anilines is 1. The van der Waals surface area contributed by atoms with Gasteiger partial charge in [0, 0.05) is 16.8 Å². The van der Waals surface area contributed by atoms with E-state index in [1.54, 1.807) is 0 Å². The van der Waals surface area contributed by atoms with Gasteiger partial charge in [-0.15, -0.1) is 0 Å². The number of carbonyl (C=O) groups is 2. The first kappa shape index (κ1) is 19.7. The number of hydrogen-bond donors (Lipinski definition) is 1. The highest BCUT2D eigenvalue weighted by Gasteiger charge is 2.56. The Labute approximate surface area is 187 Å². The van der Waals surface area contributed by atoms with Crippen LogP contribution in [0.2, 0.25) is 0 Å². The zero-order chi connectivity index (χ0) is 22.0. The van der Waals surface area contributed by atoms with Gasteiger partial charge in [0.2, 0.25) is 11.6 Å². The van der Waals surface area contributed by atoms with Crippen LogP contribution in [-0.2, 0) is 15.1 Å². The second-order valence-corrected chi connectivity index (χ2v) is 7.75. The number of para-hydroxylation sites is 1. The Morgan fingerprint density at radius 1 is 0.469 bits per heavy atom. The minimum absolute atomic E-state index is 0.248. The highest BCUT2D eigenvalue weighted by Crippen LogP contribution is 2.46. The molecule has 1 aliphatic carbocycles. The molecule has 0 saturated carbocycles. The van der Waals surface area contributed by atoms with Crippen molar-refractivity contribution < 1.29 is 9.59 Å². The van der Waals surface area contributed by atoms with Crippen molar-refractivity contribution in [3.05, 3.63) is 138 Å². The van der Waals surface area contributed by atoms with Crippen LogP contribution in [0.15, 0.2) is 121 Å². The van der Waals surface area contributed by atoms with Crippen molar-refractivity contribution in [1.29, 1.82) is 0 Å². The van der Waals surface area contributed by atoms with E-state index in [0.29, 0.717) is 22.4 Å². The van der Waals surface area contributed by atoms with Gasteiger partial charge >= 0.3 is 0 Å². The average Bonchev–Trinajstić information content (AvgIpc) is 3.08. The summed E-state index contributed by atoms with van der Waals surface area (Å²) in [6.45, 7) is 0. The van der Waals surface area contributed by atoms with Crippen molar-refractivity contribution >= 4 is 28.4 Å². The maximum Gasteiger partial charge on any atom is 0.202 e. The van der Waals surface area contributed by atoms with Gasteiger partial charge in [-0.25, -0.2) is 0 Å². The average molecular weight is 415 g/mol. The smallest absolute Gasteiger partial charge is 0.202 e. The normalized spacial score (nSPS) is 15.1. The van der Waals surface area contributed by atoms with Crippen LogP contribution in [0.3, 0.4) is 0 Å². The predicted octanol–water partition coefficient (Wildman–Crippen LogP) is 5.76. The molecule has 0 aliphatic heterocycles. The summed E-state index contributed by atoms with van der Waals surface area (Å²) in [5.41, 5.74) is 2.13. The van der Waals surface area contributed by atoms with Gasteiger partial charge in [0.25, 0.3) is 0 Å². The standard InChI is InChI=1S/C29H21NO2/c31-27-25(21-13-5-1-6-14-21)26(22-15-7-2-8-16-22)28(32)29(27,23-17-9-3-10-18-23)30-24-19-11-4-12-20-24/h1-20,30H. The van der Waals surface area contributed by atoms with E-state index in [1.807, 2.05) is 121 Å². The molecule has 0 heterocycles. The molecule has 3 heteroatoms. The quantitative estimate of drug-likeness (QED) is 0.422. The number of nitrogens with one attached hydrogen (secondary N) is 1. The number of rotatable bonds is 5. The summed E-state index contributed by atoms with van der Waals surface area (Å²) in [6.07, 6.45) is 0. The Kier molecular flexibility index (Phi) is 5.00. The lowest BCUT2D eigenvalue weighted by molar-refractivity contribution is -0.126. The van der Waals surface area contributed by atoms with Crippen molar-refractivity contribution in [2.45, 2.75) is 5.54 Å². The van der Waals surface area contributed by atoms with Gasteiger partial charge in [-0.1, -0.05) is 109 Å². The lowest BCUT2D eigenvalue weighted by atomic mass is 9.82. The molecule has 4 aromatic rings. The van der Waals surface area contributed by atoms with Crippen LogP contribution < -0.4 is 5.32 Å². The third kappa shape index (κ3) is 3.15. The molecule has 154 valence electrons. The van der Waals surface area contributed by atoms with Crippen LogP contribution in [0.5, 0.6) is 0 Å². The summed E-state index contributed by atoms with van der Waals surface area (Å²) < 4.78 is 0. The zero-order valence-corrected chi connectivity index (χ0v) is 17.4. The highest BCUT2D eigenvalue weighted by molar-refractivity contribution is 6.56. The van der Waals surface area contributed by atoms with Gasteiger partial charge in [-0.2, -0.15) is 0 Å². The minimum Gasteiger partial charge on any atom is -0.363 e. The van der Waals surface area contributed by atoms with Crippen LogP contribution in [0.1, 0.15) is 16.7 Å². The van der Waals surface area contributed by atoms with Gasteiger partial charge in [-0.3, -0.25) is 9.59 Å². The summed E-state index contributed by atoms with van der Waals surface area (Å²) in [5.74, 6) is -0.495. The molecular weight excluding hydrogens is 394 g/mol. The maximum absolute atomic E-state index is 14.3. The Morgan fingerprint density at radius 3 is 1.28 bits per heavy atom. The first-order chi connectivity index (χ1) is 15.7. The Balaban J connectivity index is 1.78. The van der Waals surface area contributed by atoms with Crippen molar-refractivity contribution in [3.8, 4) is 0 Å². The van der Waals surface area contributed by atoms with Crippen LogP contribution in [0.25, 0.3) is 11.1 Å². The molecule has 4 aromatic carbocycles. The molecule has 0 saturated heterocycles. The van der Waals surface area contributed by atoms with Gasteiger partial charge in [-0.05, 0) is 28.8 Å². The Morgan fingerprint density at radius 2 is 0.844 bits per heavy atom. The fraction of sp³-hybridized carbons (Fsp3) is 0.0345. The molecule has 0 radical (unpaired) electrons. The molecule has 0 fully saturated rings. The summed E-state index contributed by atoms with van der Waals surface area (Å²) in [6, 6.07) is 37.5. The minimum atomic E-state index is -1.54. The number of carbonyl (C=O) groups excluding carboxylic acids is 2. The lowest BCUT2D eigenvalue weighted by Crippen LogP contribution is -2.47. The fourth-order valence-electron chi connectivity index (χ4n) is 4.34. The molecule has 0 amide bonds. The summed E-state index contributed by atoms with van der Waals surface area (Å²) in [5, 5.41) is 3.33. The molecule has 1 aliphatic rings. The van der Waals surface area contributed by atoms with E-state index in [9.17, 15) is 9.59 Å². The third-order valence-electron chi connectivity index (χ3n) is 5.82. The van der Waals surface area contributed by atoms with Crippen molar-refractivity contribution in [3.63, 3.8) is 0 Å². The number of hydrogen-bond acceptors (Lipinski definition) is 3. The van der Waals surface area contributed by atoms with Gasteiger partial charge in [0.05, 0.1) is 0 Å². The monoisotopic (exact) mass is 415 g/mol. The molecule has 1 N–H and O–H groups in total. The van der Waals surface area contributed by atoms with Crippen molar-refractivity contribution in [2.24, 2.45) is 0 Å². The third-order valence-corrected chi connectivity index (χ3v) is 5.82. The summed E-state index contributed by atoms with van der Waals surface area (Å²) >= 11 is 0. The molecule has 3 nitrogen and oxygen atoms in total. The SMILES string of the molecule is O=C1C(c2ccccc2)=C(c2ccccc2)C(=O)C1(Nc1ccccc1)c1ccccc1. The zero-order valence-electron chi connectivity index (χ0n) is 17.4. The first-order valence-electron chi connectivity index (χ1n) is 10.6. The molecule has 0 unspecified atom stereocenters. The van der Waals surface area contributed by atoms with Gasteiger partial charge < -0.3 is 5.32 Å². The fourth-order valence-corrected chi connectivity index (χ4v) is 4.34. The Hall–Kier alpha value is -4.24. The highest BCUT2D eigenvalue weighted by atomic mass is 16.2. The molecule has 32 heavy (non-hydrogen) atoms. The topological polar surface area (TPSA) is 46.2 Å². The van der Waals surface area contributed by atoms with Crippen molar-refractivity contribution in [2.75, 3.05) is 5.32 Å². The largest absolute Gasteiger partial charge is 0.363 e. The molecular formula is C29H21NO2. The number of ketones is 2.